The van der Waals surface area contributed by atoms with Crippen LogP contribution in [0.2, 0.25) is 5.15 Å². The molecular formula is C16H22ClN3O3. The molecule has 1 spiro atoms. The molecule has 6 nitrogen and oxygen atoms in total. The molecule has 3 rings (SSSR count). The second-order valence-corrected chi connectivity index (χ2v) is 7.73. The van der Waals surface area contributed by atoms with Gasteiger partial charge in [-0.05, 0) is 33.6 Å². The van der Waals surface area contributed by atoms with Gasteiger partial charge in [0.05, 0.1) is 12.4 Å². The van der Waals surface area contributed by atoms with E-state index >= 15 is 0 Å². The van der Waals surface area contributed by atoms with Crippen LogP contribution in [0.3, 0.4) is 0 Å². The van der Waals surface area contributed by atoms with Gasteiger partial charge in [0.25, 0.3) is 0 Å². The van der Waals surface area contributed by atoms with Gasteiger partial charge >= 0.3 is 6.09 Å². The summed E-state index contributed by atoms with van der Waals surface area (Å²) >= 11 is 5.85. The van der Waals surface area contributed by atoms with Crippen LogP contribution < -0.4 is 4.74 Å². The van der Waals surface area contributed by atoms with E-state index in [9.17, 15) is 4.79 Å². The van der Waals surface area contributed by atoms with E-state index in [1.54, 1.807) is 11.1 Å². The van der Waals surface area contributed by atoms with E-state index in [2.05, 4.69) is 9.97 Å². The van der Waals surface area contributed by atoms with Crippen LogP contribution in [0.15, 0.2) is 12.4 Å². The van der Waals surface area contributed by atoms with Gasteiger partial charge in [0.15, 0.2) is 5.15 Å². The van der Waals surface area contributed by atoms with Crippen LogP contribution >= 0.6 is 11.6 Å². The Bertz CT molecular complexity index is 598. The monoisotopic (exact) mass is 339 g/mol. The summed E-state index contributed by atoms with van der Waals surface area (Å²) in [6.07, 6.45) is 5.69. The molecule has 1 aliphatic carbocycles. The SMILES string of the molecule is CC(C)(C)OC(=O)N1CC[C@H](Oc2cncc(Cl)n2)C2(CC2)C1. The molecule has 1 amide bonds. The number of rotatable bonds is 2. The molecule has 0 unspecified atom stereocenters. The standard InChI is InChI=1S/C16H22ClN3O3/c1-15(2,3)23-14(21)20-7-4-11(16(10-20)5-6-16)22-13-9-18-8-12(17)19-13/h8-9,11H,4-7,10H2,1-3H3/t11-/m0/s1. The van der Waals surface area contributed by atoms with Crippen molar-refractivity contribution in [1.29, 1.82) is 0 Å². The summed E-state index contributed by atoms with van der Waals surface area (Å²) in [6.45, 7) is 6.93. The zero-order valence-electron chi connectivity index (χ0n) is 13.7. The lowest BCUT2D eigenvalue weighted by Crippen LogP contribution is -2.50. The molecule has 1 aromatic rings. The average Bonchev–Trinajstić information content (AvgIpc) is 3.20. The predicted molar refractivity (Wildman–Crippen MR) is 85.5 cm³/mol. The summed E-state index contributed by atoms with van der Waals surface area (Å²) in [4.78, 5) is 22.2. The number of hydrogen-bond donors (Lipinski definition) is 0. The van der Waals surface area contributed by atoms with Crippen LogP contribution in [0.25, 0.3) is 0 Å². The fraction of sp³-hybridized carbons (Fsp3) is 0.688. The van der Waals surface area contributed by atoms with Crippen LogP contribution in [0.1, 0.15) is 40.0 Å². The third-order valence-corrected chi connectivity index (χ3v) is 4.42. The largest absolute Gasteiger partial charge is 0.472 e. The van der Waals surface area contributed by atoms with Crippen molar-refractivity contribution < 1.29 is 14.3 Å². The molecule has 2 fully saturated rings. The normalized spacial score (nSPS) is 22.8. The lowest BCUT2D eigenvalue weighted by molar-refractivity contribution is -0.00959. The van der Waals surface area contributed by atoms with Gasteiger partial charge < -0.3 is 14.4 Å². The van der Waals surface area contributed by atoms with Gasteiger partial charge in [-0.25, -0.2) is 4.79 Å². The van der Waals surface area contributed by atoms with Crippen molar-refractivity contribution in [3.63, 3.8) is 0 Å². The van der Waals surface area contributed by atoms with Crippen molar-refractivity contribution in [1.82, 2.24) is 14.9 Å². The first-order valence-corrected chi connectivity index (χ1v) is 8.27. The Kier molecular flexibility index (Phi) is 4.12. The molecule has 1 saturated heterocycles. The number of nitrogens with zero attached hydrogens (tertiary/aromatic N) is 3. The average molecular weight is 340 g/mol. The van der Waals surface area contributed by atoms with Crippen molar-refractivity contribution in [2.24, 2.45) is 5.41 Å². The highest BCUT2D eigenvalue weighted by molar-refractivity contribution is 6.29. The second kappa shape index (κ2) is 5.82. The fourth-order valence-electron chi connectivity index (χ4n) is 2.98. The summed E-state index contributed by atoms with van der Waals surface area (Å²) in [5, 5.41) is 0.318. The van der Waals surface area contributed by atoms with Crippen LogP contribution in [0, 0.1) is 5.41 Å². The van der Waals surface area contributed by atoms with Crippen molar-refractivity contribution in [2.45, 2.75) is 51.7 Å². The first kappa shape index (κ1) is 16.3. The maximum Gasteiger partial charge on any atom is 0.410 e. The molecule has 2 aliphatic rings. The number of carbonyl (C=O) groups is 1. The fourth-order valence-corrected chi connectivity index (χ4v) is 3.11. The third kappa shape index (κ3) is 3.86. The number of amides is 1. The number of ether oxygens (including phenoxy) is 2. The van der Waals surface area contributed by atoms with E-state index < -0.39 is 5.60 Å². The molecule has 126 valence electrons. The number of likely N-dealkylation sites (tertiary alicyclic amines) is 1. The topological polar surface area (TPSA) is 64.5 Å². The molecular weight excluding hydrogens is 318 g/mol. The van der Waals surface area contributed by atoms with Crippen LogP contribution in [0.4, 0.5) is 4.79 Å². The molecule has 1 saturated carbocycles. The van der Waals surface area contributed by atoms with E-state index in [1.165, 1.54) is 6.20 Å². The predicted octanol–water partition coefficient (Wildman–Crippen LogP) is 3.30. The Morgan fingerprint density at radius 2 is 2.13 bits per heavy atom. The van der Waals surface area contributed by atoms with Gasteiger partial charge in [-0.1, -0.05) is 11.6 Å². The first-order chi connectivity index (χ1) is 10.8. The summed E-state index contributed by atoms with van der Waals surface area (Å²) in [6, 6.07) is 0. The lowest BCUT2D eigenvalue weighted by Gasteiger charge is -2.39. The van der Waals surface area contributed by atoms with Crippen molar-refractivity contribution in [2.75, 3.05) is 13.1 Å². The van der Waals surface area contributed by atoms with Crippen molar-refractivity contribution in [3.8, 4) is 5.88 Å². The number of hydrogen-bond acceptors (Lipinski definition) is 5. The van der Waals surface area contributed by atoms with Gasteiger partial charge in [0.2, 0.25) is 5.88 Å². The molecule has 2 heterocycles. The summed E-state index contributed by atoms with van der Waals surface area (Å²) in [5.74, 6) is 0.444. The minimum Gasteiger partial charge on any atom is -0.472 e. The summed E-state index contributed by atoms with van der Waals surface area (Å²) in [5.41, 5.74) is -0.462. The number of piperidine rings is 1. The number of halogens is 1. The Labute approximate surface area is 141 Å². The van der Waals surface area contributed by atoms with Gasteiger partial charge in [-0.15, -0.1) is 0 Å². The lowest BCUT2D eigenvalue weighted by atomic mass is 9.91. The van der Waals surface area contributed by atoms with E-state index in [0.29, 0.717) is 24.1 Å². The highest BCUT2D eigenvalue weighted by atomic mass is 35.5. The first-order valence-electron chi connectivity index (χ1n) is 7.90. The van der Waals surface area contributed by atoms with Crippen LogP contribution in [-0.4, -0.2) is 45.8 Å². The maximum absolute atomic E-state index is 12.3. The quantitative estimate of drug-likeness (QED) is 0.827. The van der Waals surface area contributed by atoms with Gasteiger partial charge in [-0.2, -0.15) is 4.98 Å². The van der Waals surface area contributed by atoms with Gasteiger partial charge in [0, 0.05) is 24.9 Å². The molecule has 0 aromatic carbocycles. The van der Waals surface area contributed by atoms with Crippen LogP contribution in [0.5, 0.6) is 5.88 Å². The van der Waals surface area contributed by atoms with E-state index in [0.717, 1.165) is 19.3 Å². The molecule has 0 N–H and O–H groups in total. The molecule has 1 atom stereocenters. The second-order valence-electron chi connectivity index (χ2n) is 7.34. The van der Waals surface area contributed by atoms with Gasteiger partial charge in [-0.3, -0.25) is 4.98 Å². The zero-order chi connectivity index (χ0) is 16.7. The molecule has 7 heteroatoms. The minimum atomic E-state index is -0.475. The Balaban J connectivity index is 1.64. The number of aromatic nitrogens is 2. The Hall–Kier alpha value is -1.56. The molecule has 0 bridgehead atoms. The summed E-state index contributed by atoms with van der Waals surface area (Å²) < 4.78 is 11.5. The molecule has 23 heavy (non-hydrogen) atoms. The van der Waals surface area contributed by atoms with E-state index in [1.807, 2.05) is 20.8 Å². The smallest absolute Gasteiger partial charge is 0.410 e. The molecule has 0 radical (unpaired) electrons. The van der Waals surface area contributed by atoms with E-state index in [-0.39, 0.29) is 17.6 Å². The molecule has 1 aliphatic heterocycles. The zero-order valence-corrected chi connectivity index (χ0v) is 14.5. The third-order valence-electron chi connectivity index (χ3n) is 4.24. The highest BCUT2D eigenvalue weighted by Crippen LogP contribution is 2.53. The molecule has 1 aromatic heterocycles. The van der Waals surface area contributed by atoms with Crippen molar-refractivity contribution in [3.05, 3.63) is 17.5 Å². The Morgan fingerprint density at radius 3 is 2.74 bits per heavy atom. The summed E-state index contributed by atoms with van der Waals surface area (Å²) in [7, 11) is 0. The minimum absolute atomic E-state index is 0.0130. The maximum atomic E-state index is 12.3. The number of carbonyl (C=O) groups excluding carboxylic acids is 1. The Morgan fingerprint density at radius 1 is 1.39 bits per heavy atom. The highest BCUT2D eigenvalue weighted by Gasteiger charge is 2.55. The van der Waals surface area contributed by atoms with E-state index in [4.69, 9.17) is 21.1 Å². The van der Waals surface area contributed by atoms with Crippen LogP contribution in [-0.2, 0) is 4.74 Å². The van der Waals surface area contributed by atoms with Gasteiger partial charge in [0.1, 0.15) is 11.7 Å². The van der Waals surface area contributed by atoms with Crippen molar-refractivity contribution >= 4 is 17.7 Å².